The van der Waals surface area contributed by atoms with Gasteiger partial charge in [-0.15, -0.1) is 0 Å². The Kier molecular flexibility index (Phi) is 5.67. The Hall–Kier alpha value is -2.20. The van der Waals surface area contributed by atoms with Crippen molar-refractivity contribution in [1.29, 1.82) is 0 Å². The van der Waals surface area contributed by atoms with Crippen molar-refractivity contribution in [3.05, 3.63) is 59.3 Å². The van der Waals surface area contributed by atoms with Gasteiger partial charge in [-0.1, -0.05) is 32.0 Å². The second kappa shape index (κ2) is 7.71. The fourth-order valence-corrected chi connectivity index (χ4v) is 2.26. The maximum absolute atomic E-state index is 12.3. The summed E-state index contributed by atoms with van der Waals surface area (Å²) in [5.41, 5.74) is 2.82. The summed E-state index contributed by atoms with van der Waals surface area (Å²) in [4.78, 5) is 18.8. The second-order valence-electron chi connectivity index (χ2n) is 5.28. The van der Waals surface area contributed by atoms with Crippen molar-refractivity contribution in [2.24, 2.45) is 0 Å². The molecule has 4 heteroatoms. The molecule has 4 nitrogen and oxygen atoms in total. The average molecular weight is 297 g/mol. The zero-order chi connectivity index (χ0) is 15.9. The molecule has 1 amide bonds. The van der Waals surface area contributed by atoms with Gasteiger partial charge in [0, 0.05) is 18.3 Å². The summed E-state index contributed by atoms with van der Waals surface area (Å²) in [6.45, 7) is 9.19. The maximum Gasteiger partial charge on any atom is 0.256 e. The number of aryl methyl sites for hydroxylation is 1. The van der Waals surface area contributed by atoms with Crippen LogP contribution in [-0.4, -0.2) is 28.9 Å². The Morgan fingerprint density at radius 2 is 1.82 bits per heavy atom. The molecule has 0 fully saturated rings. The van der Waals surface area contributed by atoms with Crippen LogP contribution in [0.1, 0.15) is 35.3 Å². The number of aromatic nitrogens is 1. The third kappa shape index (κ3) is 4.15. The molecule has 1 aromatic carbocycles. The molecule has 0 unspecified atom stereocenters. The maximum atomic E-state index is 12.3. The van der Waals surface area contributed by atoms with Crippen molar-refractivity contribution in [3.63, 3.8) is 0 Å². The molecule has 0 aliphatic rings. The van der Waals surface area contributed by atoms with Gasteiger partial charge in [0.05, 0.1) is 0 Å². The lowest BCUT2D eigenvalue weighted by molar-refractivity contribution is 0.102. The number of hydrogen-bond donors (Lipinski definition) is 1. The largest absolute Gasteiger partial charge is 0.306 e. The van der Waals surface area contributed by atoms with Gasteiger partial charge in [-0.2, -0.15) is 0 Å². The van der Waals surface area contributed by atoms with Crippen molar-refractivity contribution < 1.29 is 4.79 Å². The van der Waals surface area contributed by atoms with Gasteiger partial charge in [0.1, 0.15) is 5.82 Å². The van der Waals surface area contributed by atoms with Crippen molar-refractivity contribution >= 4 is 11.7 Å². The quantitative estimate of drug-likeness (QED) is 0.888. The predicted molar refractivity (Wildman–Crippen MR) is 90.0 cm³/mol. The van der Waals surface area contributed by atoms with E-state index in [-0.39, 0.29) is 5.91 Å². The molecule has 22 heavy (non-hydrogen) atoms. The minimum absolute atomic E-state index is 0.129. The van der Waals surface area contributed by atoms with Crippen LogP contribution in [0.3, 0.4) is 0 Å². The van der Waals surface area contributed by atoms with Gasteiger partial charge in [0.2, 0.25) is 0 Å². The third-order valence-corrected chi connectivity index (χ3v) is 3.76. The standard InChI is InChI=1S/C18H23N3O/c1-4-21(5-2)13-15-8-10-16(11-9-15)18(22)20-17-14(3)7-6-12-19-17/h6-12H,4-5,13H2,1-3H3,(H,19,20,22). The second-order valence-corrected chi connectivity index (χ2v) is 5.28. The van der Waals surface area contributed by atoms with E-state index in [1.54, 1.807) is 6.20 Å². The molecule has 1 aromatic heterocycles. The van der Waals surface area contributed by atoms with E-state index in [1.165, 1.54) is 5.56 Å². The summed E-state index contributed by atoms with van der Waals surface area (Å²) in [6, 6.07) is 11.5. The SMILES string of the molecule is CCN(CC)Cc1ccc(C(=O)Nc2ncccc2C)cc1. The molecular weight excluding hydrogens is 274 g/mol. The van der Waals surface area contributed by atoms with Crippen LogP contribution in [0.4, 0.5) is 5.82 Å². The number of hydrogen-bond acceptors (Lipinski definition) is 3. The normalized spacial score (nSPS) is 10.7. The number of nitrogens with one attached hydrogen (secondary N) is 1. The Morgan fingerprint density at radius 1 is 1.14 bits per heavy atom. The number of pyridine rings is 1. The minimum Gasteiger partial charge on any atom is -0.306 e. The number of nitrogens with zero attached hydrogens (tertiary/aromatic N) is 2. The zero-order valence-electron chi connectivity index (χ0n) is 13.5. The van der Waals surface area contributed by atoms with Crippen LogP contribution < -0.4 is 5.32 Å². The van der Waals surface area contributed by atoms with Gasteiger partial charge in [-0.25, -0.2) is 4.98 Å². The first kappa shape index (κ1) is 16.2. The van der Waals surface area contributed by atoms with Crippen LogP contribution in [-0.2, 0) is 6.54 Å². The predicted octanol–water partition coefficient (Wildman–Crippen LogP) is 3.48. The summed E-state index contributed by atoms with van der Waals surface area (Å²) in [6.07, 6.45) is 1.68. The summed E-state index contributed by atoms with van der Waals surface area (Å²) >= 11 is 0. The number of carbonyl (C=O) groups excluding carboxylic acids is 1. The van der Waals surface area contributed by atoms with Gasteiger partial charge in [0.25, 0.3) is 5.91 Å². The Morgan fingerprint density at radius 3 is 2.41 bits per heavy atom. The molecule has 0 saturated carbocycles. The van der Waals surface area contributed by atoms with Crippen LogP contribution >= 0.6 is 0 Å². The highest BCUT2D eigenvalue weighted by Gasteiger charge is 2.09. The van der Waals surface area contributed by atoms with E-state index in [4.69, 9.17) is 0 Å². The van der Waals surface area contributed by atoms with Crippen LogP contribution in [0.25, 0.3) is 0 Å². The van der Waals surface area contributed by atoms with Gasteiger partial charge in [-0.05, 0) is 49.3 Å². The lowest BCUT2D eigenvalue weighted by Gasteiger charge is -2.18. The smallest absolute Gasteiger partial charge is 0.256 e. The lowest BCUT2D eigenvalue weighted by Crippen LogP contribution is -2.22. The van der Waals surface area contributed by atoms with Crippen molar-refractivity contribution in [3.8, 4) is 0 Å². The average Bonchev–Trinajstić information content (AvgIpc) is 2.55. The van der Waals surface area contributed by atoms with Crippen LogP contribution in [0.2, 0.25) is 0 Å². The molecule has 0 spiro atoms. The van der Waals surface area contributed by atoms with E-state index in [0.717, 1.165) is 25.2 Å². The van der Waals surface area contributed by atoms with Gasteiger partial charge in [0.15, 0.2) is 0 Å². The molecule has 0 aliphatic heterocycles. The molecule has 0 bridgehead atoms. The molecule has 2 aromatic rings. The van der Waals surface area contributed by atoms with E-state index in [0.29, 0.717) is 11.4 Å². The molecule has 1 heterocycles. The van der Waals surface area contributed by atoms with E-state index in [2.05, 4.69) is 29.0 Å². The van der Waals surface area contributed by atoms with E-state index in [1.807, 2.05) is 43.3 Å². The number of rotatable bonds is 6. The van der Waals surface area contributed by atoms with Crippen molar-refractivity contribution in [2.45, 2.75) is 27.3 Å². The molecule has 0 atom stereocenters. The molecule has 0 saturated heterocycles. The molecule has 0 aliphatic carbocycles. The molecular formula is C18H23N3O. The summed E-state index contributed by atoms with van der Waals surface area (Å²) in [7, 11) is 0. The fourth-order valence-electron chi connectivity index (χ4n) is 2.26. The number of anilines is 1. The summed E-state index contributed by atoms with van der Waals surface area (Å²) in [5, 5.41) is 2.85. The Bertz CT molecular complexity index is 618. The van der Waals surface area contributed by atoms with E-state index in [9.17, 15) is 4.79 Å². The van der Waals surface area contributed by atoms with Crippen molar-refractivity contribution in [2.75, 3.05) is 18.4 Å². The van der Waals surface area contributed by atoms with Gasteiger partial charge < -0.3 is 5.32 Å². The summed E-state index contributed by atoms with van der Waals surface area (Å²) < 4.78 is 0. The first-order chi connectivity index (χ1) is 10.6. The fraction of sp³-hybridized carbons (Fsp3) is 0.333. The monoisotopic (exact) mass is 297 g/mol. The topological polar surface area (TPSA) is 45.2 Å². The number of amides is 1. The summed E-state index contributed by atoms with van der Waals surface area (Å²) in [5.74, 6) is 0.482. The Balaban J connectivity index is 2.04. The van der Waals surface area contributed by atoms with Crippen LogP contribution in [0.15, 0.2) is 42.6 Å². The first-order valence-corrected chi connectivity index (χ1v) is 7.68. The highest BCUT2D eigenvalue weighted by atomic mass is 16.1. The highest BCUT2D eigenvalue weighted by molar-refractivity contribution is 6.04. The van der Waals surface area contributed by atoms with Gasteiger partial charge >= 0.3 is 0 Å². The molecule has 0 radical (unpaired) electrons. The van der Waals surface area contributed by atoms with Gasteiger partial charge in [-0.3, -0.25) is 9.69 Å². The molecule has 116 valence electrons. The van der Waals surface area contributed by atoms with Crippen LogP contribution in [0.5, 0.6) is 0 Å². The van der Waals surface area contributed by atoms with Crippen molar-refractivity contribution in [1.82, 2.24) is 9.88 Å². The minimum atomic E-state index is -0.129. The van der Waals surface area contributed by atoms with E-state index < -0.39 is 0 Å². The number of carbonyl (C=O) groups is 1. The molecule has 2 rings (SSSR count). The highest BCUT2D eigenvalue weighted by Crippen LogP contribution is 2.12. The third-order valence-electron chi connectivity index (χ3n) is 3.76. The zero-order valence-corrected chi connectivity index (χ0v) is 13.5. The molecule has 1 N–H and O–H groups in total. The Labute approximate surface area is 132 Å². The first-order valence-electron chi connectivity index (χ1n) is 7.68. The number of benzene rings is 1. The van der Waals surface area contributed by atoms with Crippen LogP contribution in [0, 0.1) is 6.92 Å². The van der Waals surface area contributed by atoms with E-state index >= 15 is 0 Å². The lowest BCUT2D eigenvalue weighted by atomic mass is 10.1.